The highest BCUT2D eigenvalue weighted by Gasteiger charge is 2.53. The maximum atomic E-state index is 12.1. The molecule has 1 aromatic rings. The number of hydrogen-bond donors (Lipinski definition) is 1. The first kappa shape index (κ1) is 10.1. The monoisotopic (exact) mass is 229 g/mol. The van der Waals surface area contributed by atoms with E-state index in [0.717, 1.165) is 11.3 Å². The van der Waals surface area contributed by atoms with E-state index in [0.29, 0.717) is 6.26 Å². The van der Waals surface area contributed by atoms with Gasteiger partial charge in [0.1, 0.15) is 6.04 Å². The van der Waals surface area contributed by atoms with Gasteiger partial charge in [0.25, 0.3) is 0 Å². The number of carbonyl (C=O) groups is 2. The molecular formula is C13H11NO3. The molecule has 0 bridgehead atoms. The van der Waals surface area contributed by atoms with Gasteiger partial charge in [0, 0.05) is 12.7 Å². The van der Waals surface area contributed by atoms with Crippen LogP contribution in [-0.2, 0) is 9.59 Å². The molecule has 1 N–H and O–H groups in total. The third-order valence-corrected chi connectivity index (χ3v) is 3.60. The SMILES string of the molecule is CN1c2ccccc2C2C(=O)C(=CO)C(=O)C21. The highest BCUT2D eigenvalue weighted by Crippen LogP contribution is 2.46. The standard InChI is InChI=1S/C13H11NO3/c1-14-9-5-3-2-4-7(9)10-11(14)13(17)8(6-15)12(10)16/h2-6,10-11,15H,1H3. The van der Waals surface area contributed by atoms with Crippen LogP contribution < -0.4 is 4.90 Å². The molecule has 2 atom stereocenters. The number of hydrogen-bond acceptors (Lipinski definition) is 4. The molecule has 1 aromatic carbocycles. The number of carbonyl (C=O) groups excluding carboxylic acids is 2. The lowest BCUT2D eigenvalue weighted by atomic mass is 9.96. The molecule has 1 saturated carbocycles. The third-order valence-electron chi connectivity index (χ3n) is 3.60. The molecule has 0 spiro atoms. The summed E-state index contributed by atoms with van der Waals surface area (Å²) in [7, 11) is 1.80. The van der Waals surface area contributed by atoms with E-state index in [1.807, 2.05) is 29.2 Å². The van der Waals surface area contributed by atoms with Crippen molar-refractivity contribution in [3.8, 4) is 0 Å². The zero-order valence-corrected chi connectivity index (χ0v) is 9.25. The van der Waals surface area contributed by atoms with Gasteiger partial charge in [0.15, 0.2) is 11.6 Å². The van der Waals surface area contributed by atoms with Crippen LogP contribution in [0.4, 0.5) is 5.69 Å². The minimum atomic E-state index is -0.488. The van der Waals surface area contributed by atoms with Crippen LogP contribution in [-0.4, -0.2) is 29.8 Å². The smallest absolute Gasteiger partial charge is 0.193 e. The fourth-order valence-electron chi connectivity index (χ4n) is 2.80. The van der Waals surface area contributed by atoms with Crippen LogP contribution >= 0.6 is 0 Å². The van der Waals surface area contributed by atoms with E-state index in [2.05, 4.69) is 0 Å². The van der Waals surface area contributed by atoms with Gasteiger partial charge in [0.05, 0.1) is 17.8 Å². The second-order valence-corrected chi connectivity index (χ2v) is 4.36. The number of likely N-dealkylation sites (N-methyl/N-ethyl adjacent to an activating group) is 1. The summed E-state index contributed by atoms with van der Waals surface area (Å²) in [6, 6.07) is 7.01. The van der Waals surface area contributed by atoms with Crippen LogP contribution in [0, 0.1) is 0 Å². The number of aliphatic hydroxyl groups is 1. The van der Waals surface area contributed by atoms with Gasteiger partial charge in [-0.3, -0.25) is 9.59 Å². The molecule has 1 heterocycles. The molecule has 3 rings (SSSR count). The Kier molecular flexibility index (Phi) is 1.90. The molecular weight excluding hydrogens is 218 g/mol. The Morgan fingerprint density at radius 3 is 2.65 bits per heavy atom. The Morgan fingerprint density at radius 1 is 1.24 bits per heavy atom. The molecule has 4 heteroatoms. The predicted molar refractivity (Wildman–Crippen MR) is 62.1 cm³/mol. The highest BCUT2D eigenvalue weighted by atomic mass is 16.2. The van der Waals surface area contributed by atoms with Crippen molar-refractivity contribution in [2.24, 2.45) is 0 Å². The van der Waals surface area contributed by atoms with Gasteiger partial charge in [-0.05, 0) is 11.6 Å². The fraction of sp³-hybridized carbons (Fsp3) is 0.231. The first-order valence-electron chi connectivity index (χ1n) is 5.41. The summed E-state index contributed by atoms with van der Waals surface area (Å²) >= 11 is 0. The molecule has 0 radical (unpaired) electrons. The molecule has 1 fully saturated rings. The van der Waals surface area contributed by atoms with Gasteiger partial charge >= 0.3 is 0 Å². The molecule has 2 aliphatic rings. The lowest BCUT2D eigenvalue weighted by molar-refractivity contribution is -0.117. The molecule has 0 amide bonds. The van der Waals surface area contributed by atoms with Crippen LogP contribution in [0.15, 0.2) is 36.1 Å². The lowest BCUT2D eigenvalue weighted by Gasteiger charge is -2.19. The molecule has 86 valence electrons. The van der Waals surface area contributed by atoms with E-state index < -0.39 is 12.0 Å². The fourth-order valence-corrected chi connectivity index (χ4v) is 2.80. The normalized spacial score (nSPS) is 28.8. The Bertz CT molecular complexity index is 562. The Labute approximate surface area is 98.2 Å². The van der Waals surface area contributed by atoms with Crippen molar-refractivity contribution in [3.63, 3.8) is 0 Å². The average molecular weight is 229 g/mol. The van der Waals surface area contributed by atoms with Crippen molar-refractivity contribution < 1.29 is 14.7 Å². The van der Waals surface area contributed by atoms with Crippen LogP contribution in [0.25, 0.3) is 0 Å². The number of Topliss-reactive ketones (excluding diaryl/α,β-unsaturated/α-hetero) is 2. The molecule has 2 unspecified atom stereocenters. The quantitative estimate of drug-likeness (QED) is 0.412. The van der Waals surface area contributed by atoms with E-state index in [4.69, 9.17) is 5.11 Å². The number of benzene rings is 1. The minimum absolute atomic E-state index is 0.0821. The van der Waals surface area contributed by atoms with Crippen LogP contribution in [0.3, 0.4) is 0 Å². The van der Waals surface area contributed by atoms with Crippen molar-refractivity contribution in [3.05, 3.63) is 41.7 Å². The summed E-state index contributed by atoms with van der Waals surface area (Å²) in [5.74, 6) is -1.03. The van der Waals surface area contributed by atoms with Gasteiger partial charge in [-0.2, -0.15) is 0 Å². The van der Waals surface area contributed by atoms with E-state index >= 15 is 0 Å². The zero-order chi connectivity index (χ0) is 12.2. The number of anilines is 1. The van der Waals surface area contributed by atoms with E-state index in [1.54, 1.807) is 7.05 Å². The predicted octanol–water partition coefficient (Wildman–Crippen LogP) is 1.18. The van der Waals surface area contributed by atoms with E-state index in [9.17, 15) is 9.59 Å². The maximum Gasteiger partial charge on any atom is 0.193 e. The van der Waals surface area contributed by atoms with Crippen molar-refractivity contribution in [2.75, 3.05) is 11.9 Å². The largest absolute Gasteiger partial charge is 0.515 e. The summed E-state index contributed by atoms with van der Waals surface area (Å²) in [4.78, 5) is 25.9. The van der Waals surface area contributed by atoms with Gasteiger partial charge in [0.2, 0.25) is 0 Å². The molecule has 0 aromatic heterocycles. The highest BCUT2D eigenvalue weighted by molar-refractivity contribution is 6.32. The molecule has 1 aliphatic heterocycles. The van der Waals surface area contributed by atoms with Crippen molar-refractivity contribution in [1.82, 2.24) is 0 Å². The number of ketones is 2. The molecule has 0 saturated heterocycles. The second-order valence-electron chi connectivity index (χ2n) is 4.36. The molecule has 17 heavy (non-hydrogen) atoms. The maximum absolute atomic E-state index is 12.1. The lowest BCUT2D eigenvalue weighted by Crippen LogP contribution is -2.34. The average Bonchev–Trinajstić information content (AvgIpc) is 2.76. The zero-order valence-electron chi connectivity index (χ0n) is 9.25. The summed E-state index contributed by atoms with van der Waals surface area (Å²) < 4.78 is 0. The number of para-hydroxylation sites is 1. The van der Waals surface area contributed by atoms with Gasteiger partial charge in [-0.1, -0.05) is 18.2 Å². The number of aliphatic hydroxyl groups excluding tert-OH is 1. The van der Waals surface area contributed by atoms with E-state index in [-0.39, 0.29) is 17.1 Å². The Morgan fingerprint density at radius 2 is 1.94 bits per heavy atom. The number of fused-ring (bicyclic) bond motifs is 3. The topological polar surface area (TPSA) is 57.6 Å². The molecule has 1 aliphatic carbocycles. The van der Waals surface area contributed by atoms with Crippen molar-refractivity contribution in [1.29, 1.82) is 0 Å². The minimum Gasteiger partial charge on any atom is -0.515 e. The summed E-state index contributed by atoms with van der Waals surface area (Å²) in [6.45, 7) is 0. The summed E-state index contributed by atoms with van der Waals surface area (Å²) in [6.07, 6.45) is 0.638. The van der Waals surface area contributed by atoms with Gasteiger partial charge in [-0.15, -0.1) is 0 Å². The Hall–Kier alpha value is -2.10. The second kappa shape index (κ2) is 3.20. The number of rotatable bonds is 0. The summed E-state index contributed by atoms with van der Waals surface area (Å²) in [5.41, 5.74) is 1.71. The first-order chi connectivity index (χ1) is 8.16. The third kappa shape index (κ3) is 1.07. The van der Waals surface area contributed by atoms with E-state index in [1.165, 1.54) is 0 Å². The number of nitrogens with zero attached hydrogens (tertiary/aromatic N) is 1. The van der Waals surface area contributed by atoms with Crippen LogP contribution in [0.1, 0.15) is 11.5 Å². The van der Waals surface area contributed by atoms with Crippen LogP contribution in [0.2, 0.25) is 0 Å². The van der Waals surface area contributed by atoms with Crippen molar-refractivity contribution >= 4 is 17.3 Å². The van der Waals surface area contributed by atoms with Crippen molar-refractivity contribution in [2.45, 2.75) is 12.0 Å². The van der Waals surface area contributed by atoms with Gasteiger partial charge in [-0.25, -0.2) is 0 Å². The first-order valence-corrected chi connectivity index (χ1v) is 5.41. The van der Waals surface area contributed by atoms with Crippen LogP contribution in [0.5, 0.6) is 0 Å². The molecule has 4 nitrogen and oxygen atoms in total. The van der Waals surface area contributed by atoms with Gasteiger partial charge < -0.3 is 10.0 Å². The summed E-state index contributed by atoms with van der Waals surface area (Å²) in [5, 5.41) is 8.97. The Balaban J connectivity index is 2.21.